The van der Waals surface area contributed by atoms with Gasteiger partial charge >= 0.3 is 0 Å². The van der Waals surface area contributed by atoms with E-state index in [0.29, 0.717) is 21.3 Å². The van der Waals surface area contributed by atoms with Crippen molar-refractivity contribution in [3.63, 3.8) is 0 Å². The maximum Gasteiger partial charge on any atom is 0.269 e. The summed E-state index contributed by atoms with van der Waals surface area (Å²) >= 11 is 12.7. The predicted molar refractivity (Wildman–Crippen MR) is 105 cm³/mol. The molecule has 1 heterocycles. The molecule has 0 radical (unpaired) electrons. The van der Waals surface area contributed by atoms with Crippen LogP contribution in [-0.4, -0.2) is 23.2 Å². The molecule has 2 aromatic carbocycles. The van der Waals surface area contributed by atoms with Crippen LogP contribution >= 0.6 is 35.2 Å². The van der Waals surface area contributed by atoms with Gasteiger partial charge in [0.05, 0.1) is 12.1 Å². The van der Waals surface area contributed by atoms with E-state index in [1.54, 1.807) is 25.3 Å². The molecule has 0 spiro atoms. The second kappa shape index (κ2) is 7.26. The first-order valence-electron chi connectivity index (χ1n) is 7.15. The van der Waals surface area contributed by atoms with Gasteiger partial charge in [-0.3, -0.25) is 10.1 Å². The lowest BCUT2D eigenvalue weighted by Crippen LogP contribution is -2.33. The maximum atomic E-state index is 12.5. The van der Waals surface area contributed by atoms with Crippen LogP contribution in [0.4, 0.5) is 5.69 Å². The number of aromatic hydroxyl groups is 1. The van der Waals surface area contributed by atoms with Crippen molar-refractivity contribution >= 4 is 61.9 Å². The Morgan fingerprint density at radius 3 is 2.80 bits per heavy atom. The van der Waals surface area contributed by atoms with Gasteiger partial charge in [-0.2, -0.15) is 0 Å². The molecule has 3 aromatic rings. The number of anilines is 1. The molecule has 0 fully saturated rings. The van der Waals surface area contributed by atoms with Crippen LogP contribution in [0.15, 0.2) is 42.5 Å². The number of carbonyl (C=O) groups excluding carboxylic acids is 1. The maximum absolute atomic E-state index is 12.5. The number of rotatable bonds is 3. The van der Waals surface area contributed by atoms with Gasteiger partial charge in [-0.05, 0) is 42.5 Å². The summed E-state index contributed by atoms with van der Waals surface area (Å²) in [4.78, 5) is 12.8. The van der Waals surface area contributed by atoms with Crippen molar-refractivity contribution in [3.8, 4) is 11.5 Å². The smallest absolute Gasteiger partial charge is 0.269 e. The van der Waals surface area contributed by atoms with E-state index in [1.807, 2.05) is 12.1 Å². The molecule has 0 bridgehead atoms. The fourth-order valence-corrected chi connectivity index (χ4v) is 3.88. The van der Waals surface area contributed by atoms with Gasteiger partial charge in [0.2, 0.25) is 0 Å². The number of phenolic OH excluding ortho intramolecular Hbond substituents is 1. The highest BCUT2D eigenvalue weighted by atomic mass is 35.5. The van der Waals surface area contributed by atoms with Crippen LogP contribution in [-0.2, 0) is 0 Å². The summed E-state index contributed by atoms with van der Waals surface area (Å²) in [6.45, 7) is 0. The minimum atomic E-state index is -0.400. The Hall–Kier alpha value is -2.35. The van der Waals surface area contributed by atoms with Crippen LogP contribution in [0.3, 0.4) is 0 Å². The Balaban J connectivity index is 1.77. The molecule has 8 heteroatoms. The SMILES string of the molecule is COc1ccc2c(Cl)c(C(=O)NC(=S)Nc3cccc(O)c3)sc2c1. The molecular formula is C17H13ClN2O3S2. The lowest BCUT2D eigenvalue weighted by Gasteiger charge is -2.09. The van der Waals surface area contributed by atoms with Crippen LogP contribution in [0.5, 0.6) is 11.5 Å². The van der Waals surface area contributed by atoms with Crippen LogP contribution in [0.2, 0.25) is 5.02 Å². The van der Waals surface area contributed by atoms with E-state index in [0.717, 1.165) is 10.1 Å². The number of phenols is 1. The second-order valence-electron chi connectivity index (χ2n) is 5.07. The third-order valence-corrected chi connectivity index (χ3v) is 5.23. The van der Waals surface area contributed by atoms with Crippen molar-refractivity contribution in [1.29, 1.82) is 0 Å². The van der Waals surface area contributed by atoms with Gasteiger partial charge in [0.15, 0.2) is 5.11 Å². The number of thiocarbonyl (C=S) groups is 1. The van der Waals surface area contributed by atoms with Crippen LogP contribution in [0.1, 0.15) is 9.67 Å². The fourth-order valence-electron chi connectivity index (χ4n) is 2.22. The fraction of sp³-hybridized carbons (Fsp3) is 0.0588. The lowest BCUT2D eigenvalue weighted by molar-refractivity contribution is 0.0982. The van der Waals surface area contributed by atoms with E-state index >= 15 is 0 Å². The number of ether oxygens (including phenoxy) is 1. The number of thiophene rings is 1. The van der Waals surface area contributed by atoms with Gasteiger partial charge < -0.3 is 15.2 Å². The summed E-state index contributed by atoms with van der Waals surface area (Å²) in [6.07, 6.45) is 0. The highest BCUT2D eigenvalue weighted by molar-refractivity contribution is 7.80. The summed E-state index contributed by atoms with van der Waals surface area (Å²) < 4.78 is 6.03. The zero-order chi connectivity index (χ0) is 18.0. The third-order valence-electron chi connectivity index (χ3n) is 3.37. The standard InChI is InChI=1S/C17H13ClN2O3S2/c1-23-11-5-6-12-13(8-11)25-15(14(12)18)16(22)20-17(24)19-9-3-2-4-10(21)7-9/h2-8,21H,1H3,(H2,19,20,22,24). The Labute approximate surface area is 158 Å². The molecule has 5 nitrogen and oxygen atoms in total. The monoisotopic (exact) mass is 392 g/mol. The van der Waals surface area contributed by atoms with Crippen LogP contribution < -0.4 is 15.4 Å². The first-order valence-corrected chi connectivity index (χ1v) is 8.75. The summed E-state index contributed by atoms with van der Waals surface area (Å²) in [5.41, 5.74) is 0.567. The molecule has 0 atom stereocenters. The van der Waals surface area contributed by atoms with Crippen LogP contribution in [0, 0.1) is 0 Å². The molecule has 0 aliphatic heterocycles. The molecular weight excluding hydrogens is 380 g/mol. The Morgan fingerprint density at radius 2 is 2.08 bits per heavy atom. The van der Waals surface area contributed by atoms with Crippen molar-refractivity contribution in [3.05, 3.63) is 52.4 Å². The second-order valence-corrected chi connectivity index (χ2v) is 6.90. The van der Waals surface area contributed by atoms with Crippen molar-refractivity contribution in [2.45, 2.75) is 0 Å². The Kier molecular flexibility index (Phi) is 5.08. The molecule has 1 amide bonds. The van der Waals surface area contributed by atoms with Crippen molar-refractivity contribution in [2.75, 3.05) is 12.4 Å². The van der Waals surface area contributed by atoms with Gasteiger partial charge in [0.25, 0.3) is 5.91 Å². The minimum Gasteiger partial charge on any atom is -0.508 e. The number of amides is 1. The number of fused-ring (bicyclic) bond motifs is 1. The average Bonchev–Trinajstić information content (AvgIpc) is 2.91. The normalized spacial score (nSPS) is 10.5. The van der Waals surface area contributed by atoms with Crippen molar-refractivity contribution in [2.24, 2.45) is 0 Å². The van der Waals surface area contributed by atoms with Crippen molar-refractivity contribution < 1.29 is 14.6 Å². The first kappa shape index (κ1) is 17.5. The Morgan fingerprint density at radius 1 is 1.28 bits per heavy atom. The quantitative estimate of drug-likeness (QED) is 0.576. The van der Waals surface area contributed by atoms with Gasteiger partial charge in [-0.1, -0.05) is 17.7 Å². The number of hydrogen-bond acceptors (Lipinski definition) is 5. The van der Waals surface area contributed by atoms with Gasteiger partial charge in [0.1, 0.15) is 16.4 Å². The number of carbonyl (C=O) groups is 1. The van der Waals surface area contributed by atoms with Gasteiger partial charge in [-0.25, -0.2) is 0 Å². The molecule has 3 rings (SSSR count). The molecule has 25 heavy (non-hydrogen) atoms. The minimum absolute atomic E-state index is 0.0978. The zero-order valence-corrected chi connectivity index (χ0v) is 15.4. The number of benzene rings is 2. The summed E-state index contributed by atoms with van der Waals surface area (Å²) in [5.74, 6) is 0.391. The number of methoxy groups -OCH3 is 1. The van der Waals surface area contributed by atoms with Gasteiger partial charge in [-0.15, -0.1) is 11.3 Å². The molecule has 0 saturated heterocycles. The van der Waals surface area contributed by atoms with E-state index in [2.05, 4.69) is 10.6 Å². The third kappa shape index (κ3) is 3.84. The van der Waals surface area contributed by atoms with Crippen molar-refractivity contribution in [1.82, 2.24) is 5.32 Å². The zero-order valence-electron chi connectivity index (χ0n) is 13.0. The molecule has 0 aliphatic rings. The summed E-state index contributed by atoms with van der Waals surface area (Å²) in [7, 11) is 1.58. The Bertz CT molecular complexity index is 972. The first-order chi connectivity index (χ1) is 12.0. The average molecular weight is 393 g/mol. The van der Waals surface area contributed by atoms with Gasteiger partial charge in [0, 0.05) is 21.8 Å². The number of hydrogen-bond donors (Lipinski definition) is 3. The molecule has 0 saturated carbocycles. The predicted octanol–water partition coefficient (Wildman–Crippen LogP) is 4.40. The van der Waals surface area contributed by atoms with E-state index < -0.39 is 5.91 Å². The number of halogens is 1. The highest BCUT2D eigenvalue weighted by Gasteiger charge is 2.18. The topological polar surface area (TPSA) is 70.6 Å². The van der Waals surface area contributed by atoms with E-state index in [4.69, 9.17) is 28.6 Å². The largest absolute Gasteiger partial charge is 0.508 e. The molecule has 0 unspecified atom stereocenters. The molecule has 0 aliphatic carbocycles. The van der Waals surface area contributed by atoms with E-state index in [1.165, 1.54) is 23.5 Å². The molecule has 3 N–H and O–H groups in total. The summed E-state index contributed by atoms with van der Waals surface area (Å²) in [6, 6.07) is 11.8. The van der Waals surface area contributed by atoms with Crippen LogP contribution in [0.25, 0.3) is 10.1 Å². The summed E-state index contributed by atoms with van der Waals surface area (Å²) in [5, 5.41) is 16.1. The molecule has 128 valence electrons. The lowest BCUT2D eigenvalue weighted by atomic mass is 10.2. The molecule has 1 aromatic heterocycles. The number of nitrogens with one attached hydrogen (secondary N) is 2. The van der Waals surface area contributed by atoms with E-state index in [9.17, 15) is 9.90 Å². The van der Waals surface area contributed by atoms with E-state index in [-0.39, 0.29) is 10.9 Å². The highest BCUT2D eigenvalue weighted by Crippen LogP contribution is 2.37.